The summed E-state index contributed by atoms with van der Waals surface area (Å²) in [6.07, 6.45) is 3.24. The predicted octanol–water partition coefficient (Wildman–Crippen LogP) is 2.70. The van der Waals surface area contributed by atoms with Gasteiger partial charge >= 0.3 is 0 Å². The average Bonchev–Trinajstić information content (AvgIpc) is 2.89. The van der Waals surface area contributed by atoms with Crippen LogP contribution in [-0.4, -0.2) is 59.3 Å². The Bertz CT molecular complexity index is 664. The molecule has 1 aromatic heterocycles. The van der Waals surface area contributed by atoms with Crippen molar-refractivity contribution in [2.45, 2.75) is 31.8 Å². The summed E-state index contributed by atoms with van der Waals surface area (Å²) < 4.78 is 2.33. The lowest BCUT2D eigenvalue weighted by Gasteiger charge is -2.41. The fourth-order valence-corrected chi connectivity index (χ4v) is 4.28. The molecule has 1 aliphatic heterocycles. The molecule has 0 bridgehead atoms. The monoisotopic (exact) mass is 329 g/mol. The van der Waals surface area contributed by atoms with Gasteiger partial charge in [-0.05, 0) is 56.8 Å². The normalized spacial score (nSPS) is 22.5. The standard InChI is InChI=1S/C20H31N3O/c1-21(2)19-10-11-23(14-17(19)8-6-12-24)15-18-13-16-7-4-5-9-20(16)22(18)3/h4-5,7,9,13,17,19,24H,6,8,10-12,14-15H2,1-3H3/t17-,19+/m1/s1. The quantitative estimate of drug-likeness (QED) is 0.884. The molecule has 2 atom stereocenters. The third kappa shape index (κ3) is 3.66. The molecule has 1 saturated heterocycles. The zero-order chi connectivity index (χ0) is 17.1. The molecule has 24 heavy (non-hydrogen) atoms. The molecule has 3 rings (SSSR count). The summed E-state index contributed by atoms with van der Waals surface area (Å²) in [6.45, 7) is 3.60. The summed E-state index contributed by atoms with van der Waals surface area (Å²) in [5.74, 6) is 0.649. The lowest BCUT2D eigenvalue weighted by Crippen LogP contribution is -2.48. The Kier molecular flexibility index (Phi) is 5.59. The van der Waals surface area contributed by atoms with Crippen molar-refractivity contribution in [2.75, 3.05) is 33.8 Å². The number of piperidine rings is 1. The molecule has 0 amide bonds. The minimum Gasteiger partial charge on any atom is -0.396 e. The number of aliphatic hydroxyl groups excluding tert-OH is 1. The molecule has 0 saturated carbocycles. The number of nitrogens with zero attached hydrogens (tertiary/aromatic N) is 3. The van der Waals surface area contributed by atoms with Crippen LogP contribution < -0.4 is 0 Å². The maximum Gasteiger partial charge on any atom is 0.0480 e. The van der Waals surface area contributed by atoms with E-state index < -0.39 is 0 Å². The fourth-order valence-electron chi connectivity index (χ4n) is 4.28. The van der Waals surface area contributed by atoms with Crippen LogP contribution >= 0.6 is 0 Å². The highest BCUT2D eigenvalue weighted by Crippen LogP contribution is 2.27. The molecule has 2 heterocycles. The second-order valence-corrected chi connectivity index (χ2v) is 7.43. The third-order valence-electron chi connectivity index (χ3n) is 5.61. The van der Waals surface area contributed by atoms with Crippen molar-refractivity contribution in [1.29, 1.82) is 0 Å². The Labute approximate surface area is 145 Å². The number of aromatic nitrogens is 1. The lowest BCUT2D eigenvalue weighted by molar-refractivity contribution is 0.0706. The number of rotatable bonds is 6. The minimum atomic E-state index is 0.305. The van der Waals surface area contributed by atoms with Crippen molar-refractivity contribution in [2.24, 2.45) is 13.0 Å². The number of hydrogen-bond acceptors (Lipinski definition) is 3. The van der Waals surface area contributed by atoms with Gasteiger partial charge in [-0.25, -0.2) is 0 Å². The van der Waals surface area contributed by atoms with Gasteiger partial charge in [-0.15, -0.1) is 0 Å². The number of likely N-dealkylation sites (tertiary alicyclic amines) is 1. The van der Waals surface area contributed by atoms with Crippen LogP contribution in [-0.2, 0) is 13.6 Å². The van der Waals surface area contributed by atoms with E-state index in [0.717, 1.165) is 32.5 Å². The molecule has 4 nitrogen and oxygen atoms in total. The smallest absolute Gasteiger partial charge is 0.0480 e. The van der Waals surface area contributed by atoms with Gasteiger partial charge in [0.2, 0.25) is 0 Å². The highest BCUT2D eigenvalue weighted by atomic mass is 16.2. The van der Waals surface area contributed by atoms with Crippen LogP contribution in [0.4, 0.5) is 0 Å². The maximum absolute atomic E-state index is 9.21. The number of para-hydroxylation sites is 1. The summed E-state index contributed by atoms with van der Waals surface area (Å²) >= 11 is 0. The molecular formula is C20H31N3O. The number of hydrogen-bond donors (Lipinski definition) is 1. The van der Waals surface area contributed by atoms with Gasteiger partial charge in [-0.2, -0.15) is 0 Å². The number of aliphatic hydroxyl groups is 1. The van der Waals surface area contributed by atoms with Crippen LogP contribution in [0.3, 0.4) is 0 Å². The fraction of sp³-hybridized carbons (Fsp3) is 0.600. The number of benzene rings is 1. The van der Waals surface area contributed by atoms with Gasteiger partial charge in [0.1, 0.15) is 0 Å². The molecular weight excluding hydrogens is 298 g/mol. The van der Waals surface area contributed by atoms with Gasteiger partial charge in [-0.3, -0.25) is 4.90 Å². The summed E-state index contributed by atoms with van der Waals surface area (Å²) in [4.78, 5) is 4.96. The Morgan fingerprint density at radius 1 is 1.25 bits per heavy atom. The summed E-state index contributed by atoms with van der Waals surface area (Å²) in [5.41, 5.74) is 2.70. The average molecular weight is 329 g/mol. The highest BCUT2D eigenvalue weighted by molar-refractivity contribution is 5.81. The van der Waals surface area contributed by atoms with E-state index in [0.29, 0.717) is 18.6 Å². The van der Waals surface area contributed by atoms with Gasteiger partial charge in [0.15, 0.2) is 0 Å². The number of aryl methyl sites for hydroxylation is 1. The number of fused-ring (bicyclic) bond motifs is 1. The van der Waals surface area contributed by atoms with E-state index in [2.05, 4.69) is 65.8 Å². The topological polar surface area (TPSA) is 31.6 Å². The van der Waals surface area contributed by atoms with E-state index in [4.69, 9.17) is 0 Å². The first-order valence-electron chi connectivity index (χ1n) is 9.13. The van der Waals surface area contributed by atoms with Gasteiger partial charge in [0, 0.05) is 50.5 Å². The van der Waals surface area contributed by atoms with Crippen molar-refractivity contribution in [3.63, 3.8) is 0 Å². The Morgan fingerprint density at radius 2 is 2.04 bits per heavy atom. The lowest BCUT2D eigenvalue weighted by atomic mass is 9.87. The third-order valence-corrected chi connectivity index (χ3v) is 5.61. The molecule has 132 valence electrons. The second kappa shape index (κ2) is 7.68. The SMILES string of the molecule is CN(C)[C@H]1CCN(Cc2cc3ccccc3n2C)C[C@H]1CCCO. The first-order chi connectivity index (χ1) is 11.6. The summed E-state index contributed by atoms with van der Waals surface area (Å²) in [7, 11) is 6.56. The van der Waals surface area contributed by atoms with Crippen LogP contribution in [0.2, 0.25) is 0 Å². The van der Waals surface area contributed by atoms with Gasteiger partial charge in [0.25, 0.3) is 0 Å². The van der Waals surface area contributed by atoms with Crippen LogP contribution in [0, 0.1) is 5.92 Å². The van der Waals surface area contributed by atoms with Gasteiger partial charge in [-0.1, -0.05) is 18.2 Å². The van der Waals surface area contributed by atoms with Gasteiger partial charge < -0.3 is 14.6 Å². The van der Waals surface area contributed by atoms with Crippen LogP contribution in [0.15, 0.2) is 30.3 Å². The zero-order valence-electron chi connectivity index (χ0n) is 15.3. The predicted molar refractivity (Wildman–Crippen MR) is 100 cm³/mol. The van der Waals surface area contributed by atoms with E-state index in [1.165, 1.54) is 23.0 Å². The van der Waals surface area contributed by atoms with Crippen LogP contribution in [0.25, 0.3) is 10.9 Å². The zero-order valence-corrected chi connectivity index (χ0v) is 15.3. The van der Waals surface area contributed by atoms with E-state index in [1.807, 2.05) is 0 Å². The van der Waals surface area contributed by atoms with Crippen molar-refractivity contribution in [1.82, 2.24) is 14.4 Å². The Morgan fingerprint density at radius 3 is 2.75 bits per heavy atom. The van der Waals surface area contributed by atoms with E-state index >= 15 is 0 Å². The van der Waals surface area contributed by atoms with Crippen LogP contribution in [0.1, 0.15) is 25.0 Å². The summed E-state index contributed by atoms with van der Waals surface area (Å²) in [5, 5.41) is 10.5. The van der Waals surface area contributed by atoms with E-state index in [-0.39, 0.29) is 0 Å². The van der Waals surface area contributed by atoms with Crippen molar-refractivity contribution < 1.29 is 5.11 Å². The molecule has 0 unspecified atom stereocenters. The van der Waals surface area contributed by atoms with E-state index in [1.54, 1.807) is 0 Å². The minimum absolute atomic E-state index is 0.305. The molecule has 1 fully saturated rings. The molecule has 0 spiro atoms. The van der Waals surface area contributed by atoms with E-state index in [9.17, 15) is 5.11 Å². The van der Waals surface area contributed by atoms with Crippen molar-refractivity contribution in [3.8, 4) is 0 Å². The van der Waals surface area contributed by atoms with Gasteiger partial charge in [0.05, 0.1) is 0 Å². The Balaban J connectivity index is 1.71. The second-order valence-electron chi connectivity index (χ2n) is 7.43. The van der Waals surface area contributed by atoms with Crippen LogP contribution in [0.5, 0.6) is 0 Å². The van der Waals surface area contributed by atoms with Crippen molar-refractivity contribution >= 4 is 10.9 Å². The maximum atomic E-state index is 9.21. The first kappa shape index (κ1) is 17.5. The van der Waals surface area contributed by atoms with Crippen molar-refractivity contribution in [3.05, 3.63) is 36.0 Å². The molecule has 0 radical (unpaired) electrons. The molecule has 2 aromatic rings. The molecule has 4 heteroatoms. The molecule has 0 aliphatic carbocycles. The Hall–Kier alpha value is -1.36. The molecule has 1 N–H and O–H groups in total. The largest absolute Gasteiger partial charge is 0.396 e. The highest BCUT2D eigenvalue weighted by Gasteiger charge is 2.30. The molecule has 1 aromatic carbocycles. The summed E-state index contributed by atoms with van der Waals surface area (Å²) in [6, 6.07) is 11.6. The first-order valence-corrected chi connectivity index (χ1v) is 9.13. The molecule has 1 aliphatic rings.